The number of fused-ring (bicyclic) bond motifs is 1. The summed E-state index contributed by atoms with van der Waals surface area (Å²) in [6.45, 7) is 3.49. The first-order valence-electron chi connectivity index (χ1n) is 9.89. The number of carbonyl (C=O) groups excluding carboxylic acids is 2. The van der Waals surface area contributed by atoms with Gasteiger partial charge in [0.1, 0.15) is 5.82 Å². The number of rotatable bonds is 5. The molecule has 0 unspecified atom stereocenters. The van der Waals surface area contributed by atoms with E-state index in [0.717, 1.165) is 36.2 Å². The van der Waals surface area contributed by atoms with E-state index in [9.17, 15) is 14.0 Å². The highest BCUT2D eigenvalue weighted by Crippen LogP contribution is 2.31. The average Bonchev–Trinajstić information content (AvgIpc) is 3.26. The fourth-order valence-corrected chi connectivity index (χ4v) is 4.30. The van der Waals surface area contributed by atoms with Crippen molar-refractivity contribution in [3.05, 3.63) is 58.2 Å². The molecule has 1 aliphatic heterocycles. The zero-order valence-electron chi connectivity index (χ0n) is 16.1. The SMILES string of the molecule is Cc1c(CC(=O)N[C@@H]2CCOC2)c2c(n1Cc1ccccc1F)CCCC2=O. The van der Waals surface area contributed by atoms with E-state index in [1.54, 1.807) is 12.1 Å². The molecule has 0 radical (unpaired) electrons. The van der Waals surface area contributed by atoms with Crippen LogP contribution in [0, 0.1) is 12.7 Å². The molecule has 1 amide bonds. The molecule has 0 bridgehead atoms. The molecule has 1 aliphatic carbocycles. The molecule has 1 atom stereocenters. The normalized spacial score (nSPS) is 18.9. The van der Waals surface area contributed by atoms with Crippen LogP contribution >= 0.6 is 0 Å². The molecule has 2 heterocycles. The molecule has 4 rings (SSSR count). The van der Waals surface area contributed by atoms with Gasteiger partial charge in [0.05, 0.1) is 25.6 Å². The molecule has 1 fully saturated rings. The van der Waals surface area contributed by atoms with Gasteiger partial charge >= 0.3 is 0 Å². The Hall–Kier alpha value is -2.47. The first kappa shape index (κ1) is 18.9. The highest BCUT2D eigenvalue weighted by molar-refractivity contribution is 6.01. The molecule has 1 aromatic heterocycles. The van der Waals surface area contributed by atoms with E-state index in [0.29, 0.717) is 37.3 Å². The zero-order chi connectivity index (χ0) is 19.7. The fourth-order valence-electron chi connectivity index (χ4n) is 4.30. The maximum atomic E-state index is 14.2. The lowest BCUT2D eigenvalue weighted by molar-refractivity contribution is -0.121. The summed E-state index contributed by atoms with van der Waals surface area (Å²) < 4.78 is 21.5. The van der Waals surface area contributed by atoms with Crippen LogP contribution in [0.5, 0.6) is 0 Å². The molecular weight excluding hydrogens is 359 g/mol. The summed E-state index contributed by atoms with van der Waals surface area (Å²) in [7, 11) is 0. The molecule has 2 aliphatic rings. The molecule has 0 spiro atoms. The molecule has 0 saturated carbocycles. The number of benzene rings is 1. The Labute approximate surface area is 163 Å². The van der Waals surface area contributed by atoms with Gasteiger partial charge in [-0.3, -0.25) is 9.59 Å². The third-order valence-corrected chi connectivity index (χ3v) is 5.77. The van der Waals surface area contributed by atoms with Gasteiger partial charge in [0.25, 0.3) is 0 Å². The second-order valence-corrected chi connectivity index (χ2v) is 7.64. The predicted molar refractivity (Wildman–Crippen MR) is 103 cm³/mol. The van der Waals surface area contributed by atoms with E-state index in [1.807, 2.05) is 17.6 Å². The number of nitrogens with zero attached hydrogens (tertiary/aromatic N) is 1. The Bertz CT molecular complexity index is 913. The quantitative estimate of drug-likeness (QED) is 0.862. The van der Waals surface area contributed by atoms with Crippen LogP contribution in [-0.2, 0) is 28.9 Å². The molecule has 28 heavy (non-hydrogen) atoms. The first-order valence-corrected chi connectivity index (χ1v) is 9.89. The summed E-state index contributed by atoms with van der Waals surface area (Å²) in [4.78, 5) is 25.3. The molecule has 6 heteroatoms. The largest absolute Gasteiger partial charge is 0.379 e. The van der Waals surface area contributed by atoms with Gasteiger partial charge in [-0.2, -0.15) is 0 Å². The van der Waals surface area contributed by atoms with E-state index in [1.165, 1.54) is 6.07 Å². The van der Waals surface area contributed by atoms with E-state index in [2.05, 4.69) is 5.32 Å². The Morgan fingerprint density at radius 3 is 2.89 bits per heavy atom. The van der Waals surface area contributed by atoms with Crippen molar-refractivity contribution in [1.29, 1.82) is 0 Å². The van der Waals surface area contributed by atoms with Gasteiger partial charge in [0.2, 0.25) is 5.91 Å². The fraction of sp³-hybridized carbons (Fsp3) is 0.455. The summed E-state index contributed by atoms with van der Waals surface area (Å²) in [5, 5.41) is 3.00. The number of Topliss-reactive ketones (excluding diaryl/α,β-unsaturated/α-hetero) is 1. The van der Waals surface area contributed by atoms with Crippen molar-refractivity contribution in [3.8, 4) is 0 Å². The number of nitrogens with one attached hydrogen (secondary N) is 1. The molecule has 1 aromatic carbocycles. The average molecular weight is 384 g/mol. The lowest BCUT2D eigenvalue weighted by atomic mass is 9.92. The summed E-state index contributed by atoms with van der Waals surface area (Å²) in [5.41, 5.74) is 3.86. The van der Waals surface area contributed by atoms with Crippen molar-refractivity contribution >= 4 is 11.7 Å². The number of amides is 1. The van der Waals surface area contributed by atoms with Crippen molar-refractivity contribution in [2.24, 2.45) is 0 Å². The Kier molecular flexibility index (Phi) is 5.31. The van der Waals surface area contributed by atoms with Crippen LogP contribution in [0.3, 0.4) is 0 Å². The number of ketones is 1. The molecular formula is C22H25FN2O3. The maximum absolute atomic E-state index is 14.2. The van der Waals surface area contributed by atoms with Crippen LogP contribution in [0.4, 0.5) is 4.39 Å². The smallest absolute Gasteiger partial charge is 0.224 e. The lowest BCUT2D eigenvalue weighted by Crippen LogP contribution is -2.36. The van der Waals surface area contributed by atoms with Crippen LogP contribution in [0.1, 0.15) is 52.1 Å². The zero-order valence-corrected chi connectivity index (χ0v) is 16.1. The number of halogens is 1. The maximum Gasteiger partial charge on any atom is 0.224 e. The van der Waals surface area contributed by atoms with Gasteiger partial charge in [-0.25, -0.2) is 4.39 Å². The van der Waals surface area contributed by atoms with Crippen molar-refractivity contribution < 1.29 is 18.7 Å². The first-order chi connectivity index (χ1) is 13.5. The number of ether oxygens (including phenoxy) is 1. The molecule has 148 valence electrons. The van der Waals surface area contributed by atoms with E-state index >= 15 is 0 Å². The third-order valence-electron chi connectivity index (χ3n) is 5.77. The molecule has 1 saturated heterocycles. The lowest BCUT2D eigenvalue weighted by Gasteiger charge is -2.16. The molecule has 5 nitrogen and oxygen atoms in total. The van der Waals surface area contributed by atoms with Crippen molar-refractivity contribution in [1.82, 2.24) is 9.88 Å². The van der Waals surface area contributed by atoms with Crippen LogP contribution in [0.2, 0.25) is 0 Å². The van der Waals surface area contributed by atoms with Crippen LogP contribution < -0.4 is 5.32 Å². The Morgan fingerprint density at radius 1 is 1.32 bits per heavy atom. The minimum absolute atomic E-state index is 0.0415. The monoisotopic (exact) mass is 384 g/mol. The van der Waals surface area contributed by atoms with Crippen molar-refractivity contribution in [2.45, 2.75) is 51.6 Å². The molecule has 2 aromatic rings. The number of aromatic nitrogens is 1. The number of hydrogen-bond acceptors (Lipinski definition) is 3. The Morgan fingerprint density at radius 2 is 2.14 bits per heavy atom. The predicted octanol–water partition coefficient (Wildman–Crippen LogP) is 2.95. The van der Waals surface area contributed by atoms with Crippen LogP contribution in [0.15, 0.2) is 24.3 Å². The number of hydrogen-bond donors (Lipinski definition) is 1. The standard InChI is InChI=1S/C22H25FN2O3/c1-14-17(11-21(27)24-16-9-10-28-13-16)22-19(7-4-8-20(22)26)25(14)12-15-5-2-3-6-18(15)23/h2-3,5-6,16H,4,7-13H2,1H3,(H,24,27)/t16-/m1/s1. The van der Waals surface area contributed by atoms with E-state index in [4.69, 9.17) is 4.74 Å². The minimum atomic E-state index is -0.257. The second-order valence-electron chi connectivity index (χ2n) is 7.64. The van der Waals surface area contributed by atoms with Crippen LogP contribution in [-0.4, -0.2) is 35.5 Å². The van der Waals surface area contributed by atoms with Gasteiger partial charge in [-0.1, -0.05) is 18.2 Å². The Balaban J connectivity index is 1.66. The van der Waals surface area contributed by atoms with Gasteiger partial charge < -0.3 is 14.6 Å². The number of carbonyl (C=O) groups is 2. The highest BCUT2D eigenvalue weighted by atomic mass is 19.1. The van der Waals surface area contributed by atoms with E-state index in [-0.39, 0.29) is 30.0 Å². The van der Waals surface area contributed by atoms with Crippen molar-refractivity contribution in [3.63, 3.8) is 0 Å². The summed E-state index contributed by atoms with van der Waals surface area (Å²) >= 11 is 0. The summed E-state index contributed by atoms with van der Waals surface area (Å²) in [6, 6.07) is 6.73. The van der Waals surface area contributed by atoms with Gasteiger partial charge in [0.15, 0.2) is 5.78 Å². The highest BCUT2D eigenvalue weighted by Gasteiger charge is 2.30. The van der Waals surface area contributed by atoms with Crippen molar-refractivity contribution in [2.75, 3.05) is 13.2 Å². The summed E-state index contributed by atoms with van der Waals surface area (Å²) in [6.07, 6.45) is 3.05. The van der Waals surface area contributed by atoms with Gasteiger partial charge in [0, 0.05) is 35.5 Å². The van der Waals surface area contributed by atoms with Crippen LogP contribution in [0.25, 0.3) is 0 Å². The minimum Gasteiger partial charge on any atom is -0.379 e. The van der Waals surface area contributed by atoms with Gasteiger partial charge in [-0.15, -0.1) is 0 Å². The van der Waals surface area contributed by atoms with Gasteiger partial charge in [-0.05, 0) is 37.8 Å². The topological polar surface area (TPSA) is 60.3 Å². The second kappa shape index (κ2) is 7.87. The summed E-state index contributed by atoms with van der Waals surface area (Å²) in [5.74, 6) is -0.265. The van der Waals surface area contributed by atoms with E-state index < -0.39 is 0 Å². The molecule has 1 N–H and O–H groups in total. The third kappa shape index (κ3) is 3.61.